The van der Waals surface area contributed by atoms with E-state index in [0.29, 0.717) is 0 Å². The predicted octanol–water partition coefficient (Wildman–Crippen LogP) is -0.845. The SMILES string of the molecule is NCC(O)CNc1ncc(Cl)c(=O)[nH]1. The maximum atomic E-state index is 11.0. The first-order valence-corrected chi connectivity index (χ1v) is 4.38. The molecule has 0 fully saturated rings. The van der Waals surface area contributed by atoms with Gasteiger partial charge in [-0.3, -0.25) is 9.78 Å². The Morgan fingerprint density at radius 3 is 3.07 bits per heavy atom. The number of H-pyrrole nitrogens is 1. The molecule has 1 atom stereocenters. The highest BCUT2D eigenvalue weighted by molar-refractivity contribution is 6.30. The van der Waals surface area contributed by atoms with E-state index >= 15 is 0 Å². The van der Waals surface area contributed by atoms with Crippen molar-refractivity contribution in [2.24, 2.45) is 5.73 Å². The standard InChI is InChI=1S/C7H11ClN4O2/c8-5-3-11-7(12-6(5)14)10-2-4(13)1-9/h3-4,13H,1-2,9H2,(H2,10,11,12,14). The zero-order valence-corrected chi connectivity index (χ0v) is 8.08. The van der Waals surface area contributed by atoms with Gasteiger partial charge in [-0.05, 0) is 0 Å². The summed E-state index contributed by atoms with van der Waals surface area (Å²) in [4.78, 5) is 17.2. The smallest absolute Gasteiger partial charge is 0.271 e. The van der Waals surface area contributed by atoms with Crippen LogP contribution in [0.1, 0.15) is 0 Å². The number of hydrogen-bond donors (Lipinski definition) is 4. The number of rotatable bonds is 4. The van der Waals surface area contributed by atoms with Crippen LogP contribution < -0.4 is 16.6 Å². The molecule has 0 aliphatic heterocycles. The van der Waals surface area contributed by atoms with E-state index in [2.05, 4.69) is 15.3 Å². The van der Waals surface area contributed by atoms with Gasteiger partial charge in [-0.15, -0.1) is 0 Å². The van der Waals surface area contributed by atoms with Crippen molar-refractivity contribution < 1.29 is 5.11 Å². The fourth-order valence-electron chi connectivity index (χ4n) is 0.767. The van der Waals surface area contributed by atoms with E-state index in [9.17, 15) is 4.79 Å². The van der Waals surface area contributed by atoms with Crippen LogP contribution in [-0.4, -0.2) is 34.3 Å². The predicted molar refractivity (Wildman–Crippen MR) is 53.4 cm³/mol. The van der Waals surface area contributed by atoms with E-state index in [4.69, 9.17) is 22.4 Å². The first-order valence-electron chi connectivity index (χ1n) is 4.00. The van der Waals surface area contributed by atoms with Crippen molar-refractivity contribution in [3.05, 3.63) is 21.6 Å². The lowest BCUT2D eigenvalue weighted by molar-refractivity contribution is 0.196. The zero-order chi connectivity index (χ0) is 10.6. The average Bonchev–Trinajstić information content (AvgIpc) is 2.19. The molecule has 78 valence electrons. The molecule has 1 rings (SSSR count). The van der Waals surface area contributed by atoms with Gasteiger partial charge in [0.25, 0.3) is 5.56 Å². The second kappa shape index (κ2) is 4.94. The number of nitrogens with two attached hydrogens (primary N) is 1. The number of aliphatic hydroxyl groups is 1. The summed E-state index contributed by atoms with van der Waals surface area (Å²) in [6, 6.07) is 0. The van der Waals surface area contributed by atoms with Crippen molar-refractivity contribution >= 4 is 17.5 Å². The van der Waals surface area contributed by atoms with Gasteiger partial charge in [-0.2, -0.15) is 0 Å². The molecule has 0 bridgehead atoms. The van der Waals surface area contributed by atoms with Crippen LogP contribution in [0, 0.1) is 0 Å². The minimum Gasteiger partial charge on any atom is -0.390 e. The molecule has 0 radical (unpaired) electrons. The number of aromatic amines is 1. The third-order valence-corrected chi connectivity index (χ3v) is 1.80. The van der Waals surface area contributed by atoms with Gasteiger partial charge in [-0.25, -0.2) is 4.98 Å². The summed E-state index contributed by atoms with van der Waals surface area (Å²) in [5, 5.41) is 11.8. The third kappa shape index (κ3) is 2.99. The molecule has 0 saturated carbocycles. The minimum absolute atomic E-state index is 0.0231. The lowest BCUT2D eigenvalue weighted by atomic mass is 10.3. The molecule has 0 amide bonds. The number of nitrogens with one attached hydrogen (secondary N) is 2. The second-order valence-corrected chi connectivity index (χ2v) is 3.09. The maximum Gasteiger partial charge on any atom is 0.271 e. The maximum absolute atomic E-state index is 11.0. The highest BCUT2D eigenvalue weighted by atomic mass is 35.5. The molecule has 14 heavy (non-hydrogen) atoms. The lowest BCUT2D eigenvalue weighted by Gasteiger charge is -2.08. The van der Waals surface area contributed by atoms with E-state index < -0.39 is 11.7 Å². The van der Waals surface area contributed by atoms with E-state index in [1.54, 1.807) is 0 Å². The summed E-state index contributed by atoms with van der Waals surface area (Å²) < 4.78 is 0. The molecule has 1 heterocycles. The molecule has 6 nitrogen and oxygen atoms in total. The molecule has 1 aromatic rings. The Hall–Kier alpha value is -1.11. The van der Waals surface area contributed by atoms with Crippen LogP contribution in [0.3, 0.4) is 0 Å². The van der Waals surface area contributed by atoms with Crippen LogP contribution in [-0.2, 0) is 0 Å². The Labute approximate surface area is 85.1 Å². The number of aliphatic hydroxyl groups excluding tert-OH is 1. The van der Waals surface area contributed by atoms with E-state index in [-0.39, 0.29) is 24.1 Å². The van der Waals surface area contributed by atoms with Crippen LogP contribution in [0.25, 0.3) is 0 Å². The summed E-state index contributed by atoms with van der Waals surface area (Å²) in [5.74, 6) is 0.256. The first-order chi connectivity index (χ1) is 6.63. The van der Waals surface area contributed by atoms with Gasteiger partial charge < -0.3 is 16.2 Å². The number of halogens is 1. The number of hydrogen-bond acceptors (Lipinski definition) is 5. The summed E-state index contributed by atoms with van der Waals surface area (Å²) in [5.41, 5.74) is 4.76. The molecule has 0 spiro atoms. The van der Waals surface area contributed by atoms with Crippen LogP contribution in [0.15, 0.2) is 11.0 Å². The second-order valence-electron chi connectivity index (χ2n) is 2.68. The van der Waals surface area contributed by atoms with Gasteiger partial charge in [0.2, 0.25) is 5.95 Å². The quantitative estimate of drug-likeness (QED) is 0.527. The lowest BCUT2D eigenvalue weighted by Crippen LogP contribution is -2.28. The minimum atomic E-state index is -0.670. The Morgan fingerprint density at radius 1 is 1.79 bits per heavy atom. The monoisotopic (exact) mass is 218 g/mol. The highest BCUT2D eigenvalue weighted by Gasteiger charge is 2.02. The van der Waals surface area contributed by atoms with E-state index in [1.165, 1.54) is 6.20 Å². The van der Waals surface area contributed by atoms with Crippen molar-refractivity contribution in [2.75, 3.05) is 18.4 Å². The van der Waals surface area contributed by atoms with Crippen molar-refractivity contribution in [1.82, 2.24) is 9.97 Å². The molecule has 0 aliphatic carbocycles. The van der Waals surface area contributed by atoms with Gasteiger partial charge in [0.15, 0.2) is 0 Å². The molecule has 0 aromatic carbocycles. The van der Waals surface area contributed by atoms with Crippen LogP contribution in [0.4, 0.5) is 5.95 Å². The van der Waals surface area contributed by atoms with Gasteiger partial charge in [-0.1, -0.05) is 11.6 Å². The molecule has 5 N–H and O–H groups in total. The molecule has 0 saturated heterocycles. The molecular formula is C7H11ClN4O2. The van der Waals surface area contributed by atoms with Gasteiger partial charge >= 0.3 is 0 Å². The number of anilines is 1. The Kier molecular flexibility index (Phi) is 3.87. The molecule has 1 unspecified atom stereocenters. The molecule has 1 aromatic heterocycles. The van der Waals surface area contributed by atoms with Gasteiger partial charge in [0, 0.05) is 13.1 Å². The normalized spacial score (nSPS) is 12.5. The zero-order valence-electron chi connectivity index (χ0n) is 7.33. The average molecular weight is 219 g/mol. The Bertz CT molecular complexity index is 354. The number of nitrogens with zero attached hydrogens (tertiary/aromatic N) is 1. The van der Waals surface area contributed by atoms with Crippen LogP contribution in [0.5, 0.6) is 0 Å². The fourth-order valence-corrected chi connectivity index (χ4v) is 0.863. The number of aromatic nitrogens is 2. The van der Waals surface area contributed by atoms with Crippen LogP contribution in [0.2, 0.25) is 5.02 Å². The van der Waals surface area contributed by atoms with E-state index in [1.807, 2.05) is 0 Å². The van der Waals surface area contributed by atoms with Crippen molar-refractivity contribution in [3.8, 4) is 0 Å². The topological polar surface area (TPSA) is 104 Å². The summed E-state index contributed by atoms with van der Waals surface area (Å²) in [6.07, 6.45) is 0.563. The summed E-state index contributed by atoms with van der Waals surface area (Å²) in [6.45, 7) is 0.367. The van der Waals surface area contributed by atoms with Crippen molar-refractivity contribution in [2.45, 2.75) is 6.10 Å². The Balaban J connectivity index is 2.60. The Morgan fingerprint density at radius 2 is 2.50 bits per heavy atom. The first kappa shape index (κ1) is 11.0. The molecule has 7 heteroatoms. The summed E-state index contributed by atoms with van der Waals surface area (Å²) in [7, 11) is 0. The summed E-state index contributed by atoms with van der Waals surface area (Å²) >= 11 is 5.47. The highest BCUT2D eigenvalue weighted by Crippen LogP contribution is 1.99. The fraction of sp³-hybridized carbons (Fsp3) is 0.429. The van der Waals surface area contributed by atoms with Crippen molar-refractivity contribution in [1.29, 1.82) is 0 Å². The van der Waals surface area contributed by atoms with E-state index in [0.717, 1.165) is 0 Å². The van der Waals surface area contributed by atoms with Crippen molar-refractivity contribution in [3.63, 3.8) is 0 Å². The third-order valence-electron chi connectivity index (χ3n) is 1.53. The van der Waals surface area contributed by atoms with Gasteiger partial charge in [0.05, 0.1) is 12.3 Å². The van der Waals surface area contributed by atoms with Gasteiger partial charge in [0.1, 0.15) is 5.02 Å². The molecular weight excluding hydrogens is 208 g/mol. The molecule has 0 aliphatic rings. The van der Waals surface area contributed by atoms with Crippen LogP contribution >= 0.6 is 11.6 Å². The largest absolute Gasteiger partial charge is 0.390 e.